The van der Waals surface area contributed by atoms with Crippen molar-refractivity contribution in [2.45, 2.75) is 0 Å². The molecule has 0 unspecified atom stereocenters. The second-order valence-corrected chi connectivity index (χ2v) is 3.95. The third-order valence-corrected chi connectivity index (χ3v) is 2.63. The van der Waals surface area contributed by atoms with Gasteiger partial charge in [-0.3, -0.25) is 4.99 Å². The van der Waals surface area contributed by atoms with Crippen LogP contribution in [0.5, 0.6) is 0 Å². The Hall–Kier alpha value is -1.98. The van der Waals surface area contributed by atoms with E-state index >= 15 is 0 Å². The van der Waals surface area contributed by atoms with Crippen LogP contribution >= 0.6 is 11.6 Å². The first-order chi connectivity index (χ1) is 8.74. The van der Waals surface area contributed by atoms with E-state index in [-0.39, 0.29) is 0 Å². The molecule has 0 bridgehead atoms. The summed E-state index contributed by atoms with van der Waals surface area (Å²) in [5.74, 6) is 5.87. The SMILES string of the molecule is CN=C(NN)c1cc(-c2cccc(Cl)c2)ncn1. The molecular formula is C12H12ClN5. The molecule has 1 heterocycles. The maximum Gasteiger partial charge on any atom is 0.161 e. The van der Waals surface area contributed by atoms with Crippen molar-refractivity contribution in [3.05, 3.63) is 47.4 Å². The van der Waals surface area contributed by atoms with Crippen LogP contribution in [0.15, 0.2) is 41.7 Å². The quantitative estimate of drug-likeness (QED) is 0.373. The second kappa shape index (κ2) is 5.57. The fourth-order valence-electron chi connectivity index (χ4n) is 1.55. The molecule has 2 rings (SSSR count). The van der Waals surface area contributed by atoms with E-state index in [1.807, 2.05) is 24.3 Å². The molecule has 0 amide bonds. The lowest BCUT2D eigenvalue weighted by molar-refractivity contribution is 0.999. The van der Waals surface area contributed by atoms with Crippen LogP contribution < -0.4 is 11.3 Å². The zero-order valence-corrected chi connectivity index (χ0v) is 10.5. The van der Waals surface area contributed by atoms with Gasteiger partial charge in [-0.05, 0) is 18.2 Å². The molecule has 1 aromatic carbocycles. The summed E-state index contributed by atoms with van der Waals surface area (Å²) in [6.45, 7) is 0. The number of hydrogen-bond donors (Lipinski definition) is 2. The minimum Gasteiger partial charge on any atom is -0.307 e. The van der Waals surface area contributed by atoms with Gasteiger partial charge in [0.1, 0.15) is 12.0 Å². The molecule has 0 fully saturated rings. The smallest absolute Gasteiger partial charge is 0.161 e. The van der Waals surface area contributed by atoms with E-state index < -0.39 is 0 Å². The molecule has 1 aromatic heterocycles. The molecule has 0 atom stereocenters. The number of hydrazine groups is 1. The summed E-state index contributed by atoms with van der Waals surface area (Å²) < 4.78 is 0. The standard InChI is InChI=1S/C12H12ClN5/c1-15-12(18-14)11-6-10(16-7-17-11)8-3-2-4-9(13)5-8/h2-7H,14H2,1H3,(H,15,18). The Morgan fingerprint density at radius 1 is 1.33 bits per heavy atom. The number of benzene rings is 1. The lowest BCUT2D eigenvalue weighted by Gasteiger charge is -2.06. The normalized spacial score (nSPS) is 11.4. The molecule has 92 valence electrons. The fraction of sp³-hybridized carbons (Fsp3) is 0.0833. The van der Waals surface area contributed by atoms with Crippen molar-refractivity contribution in [3.8, 4) is 11.3 Å². The van der Waals surface area contributed by atoms with E-state index in [1.54, 1.807) is 13.1 Å². The first-order valence-electron chi connectivity index (χ1n) is 5.26. The highest BCUT2D eigenvalue weighted by molar-refractivity contribution is 6.30. The number of nitrogens with zero attached hydrogens (tertiary/aromatic N) is 3. The average Bonchev–Trinajstić information content (AvgIpc) is 2.41. The van der Waals surface area contributed by atoms with Gasteiger partial charge in [0.25, 0.3) is 0 Å². The highest BCUT2D eigenvalue weighted by atomic mass is 35.5. The zero-order valence-electron chi connectivity index (χ0n) is 9.76. The van der Waals surface area contributed by atoms with E-state index in [0.29, 0.717) is 16.6 Å². The van der Waals surface area contributed by atoms with Crippen LogP contribution in [0.4, 0.5) is 0 Å². The molecule has 0 aliphatic heterocycles. The minimum absolute atomic E-state index is 0.501. The van der Waals surface area contributed by atoms with E-state index in [0.717, 1.165) is 11.3 Å². The maximum absolute atomic E-state index is 5.95. The first kappa shape index (κ1) is 12.5. The van der Waals surface area contributed by atoms with Crippen LogP contribution in [-0.4, -0.2) is 22.9 Å². The van der Waals surface area contributed by atoms with Gasteiger partial charge < -0.3 is 5.43 Å². The molecule has 0 aliphatic carbocycles. The molecule has 0 saturated heterocycles. The number of halogens is 1. The molecule has 2 aromatic rings. The summed E-state index contributed by atoms with van der Waals surface area (Å²) in [6.07, 6.45) is 1.47. The Bertz CT molecular complexity index is 582. The van der Waals surface area contributed by atoms with Gasteiger partial charge in [0.15, 0.2) is 5.84 Å². The Balaban J connectivity index is 2.44. The third kappa shape index (κ3) is 2.64. The molecule has 18 heavy (non-hydrogen) atoms. The van der Waals surface area contributed by atoms with Crippen molar-refractivity contribution in [1.29, 1.82) is 0 Å². The summed E-state index contributed by atoms with van der Waals surface area (Å²) in [6, 6.07) is 9.25. The summed E-state index contributed by atoms with van der Waals surface area (Å²) >= 11 is 5.95. The van der Waals surface area contributed by atoms with Gasteiger partial charge in [0, 0.05) is 17.6 Å². The van der Waals surface area contributed by atoms with Crippen molar-refractivity contribution in [3.63, 3.8) is 0 Å². The molecule has 5 nitrogen and oxygen atoms in total. The van der Waals surface area contributed by atoms with Gasteiger partial charge >= 0.3 is 0 Å². The molecule has 0 spiro atoms. The van der Waals surface area contributed by atoms with Gasteiger partial charge in [-0.1, -0.05) is 23.7 Å². The Labute approximate surface area is 110 Å². The van der Waals surface area contributed by atoms with E-state index in [1.165, 1.54) is 6.33 Å². The van der Waals surface area contributed by atoms with E-state index in [4.69, 9.17) is 17.4 Å². The number of nitrogens with one attached hydrogen (secondary N) is 1. The monoisotopic (exact) mass is 261 g/mol. The van der Waals surface area contributed by atoms with Crippen molar-refractivity contribution >= 4 is 17.4 Å². The van der Waals surface area contributed by atoms with Crippen LogP contribution in [-0.2, 0) is 0 Å². The van der Waals surface area contributed by atoms with Gasteiger partial charge in [-0.2, -0.15) is 0 Å². The van der Waals surface area contributed by atoms with Crippen LogP contribution in [0.2, 0.25) is 5.02 Å². The zero-order chi connectivity index (χ0) is 13.0. The molecule has 0 aliphatic rings. The van der Waals surface area contributed by atoms with Gasteiger partial charge in [0.05, 0.1) is 5.69 Å². The first-order valence-corrected chi connectivity index (χ1v) is 5.64. The largest absolute Gasteiger partial charge is 0.307 e. The predicted octanol–water partition coefficient (Wildman–Crippen LogP) is 1.64. The third-order valence-electron chi connectivity index (χ3n) is 2.39. The lowest BCUT2D eigenvalue weighted by Crippen LogP contribution is -2.31. The van der Waals surface area contributed by atoms with Crippen molar-refractivity contribution in [1.82, 2.24) is 15.4 Å². The molecular weight excluding hydrogens is 250 g/mol. The predicted molar refractivity (Wildman–Crippen MR) is 72.3 cm³/mol. The highest BCUT2D eigenvalue weighted by Crippen LogP contribution is 2.20. The van der Waals surface area contributed by atoms with E-state index in [2.05, 4.69) is 20.4 Å². The van der Waals surface area contributed by atoms with Gasteiger partial charge in [-0.15, -0.1) is 0 Å². The van der Waals surface area contributed by atoms with Crippen molar-refractivity contribution in [2.24, 2.45) is 10.8 Å². The number of amidine groups is 1. The number of nitrogens with two attached hydrogens (primary N) is 1. The van der Waals surface area contributed by atoms with Crippen LogP contribution in [0.1, 0.15) is 5.69 Å². The Morgan fingerprint density at radius 2 is 2.17 bits per heavy atom. The fourth-order valence-corrected chi connectivity index (χ4v) is 1.74. The number of aromatic nitrogens is 2. The van der Waals surface area contributed by atoms with E-state index in [9.17, 15) is 0 Å². The number of aliphatic imine (C=N–C) groups is 1. The molecule has 0 saturated carbocycles. The summed E-state index contributed by atoms with van der Waals surface area (Å²) in [5, 5.41) is 0.661. The molecule has 3 N–H and O–H groups in total. The van der Waals surface area contributed by atoms with Crippen molar-refractivity contribution < 1.29 is 0 Å². The maximum atomic E-state index is 5.95. The van der Waals surface area contributed by atoms with Gasteiger partial charge in [-0.25, -0.2) is 15.8 Å². The Morgan fingerprint density at radius 3 is 2.83 bits per heavy atom. The molecule has 6 heteroatoms. The minimum atomic E-state index is 0.501. The van der Waals surface area contributed by atoms with Crippen LogP contribution in [0.3, 0.4) is 0 Å². The topological polar surface area (TPSA) is 76.2 Å². The highest BCUT2D eigenvalue weighted by Gasteiger charge is 2.06. The number of hydrogen-bond acceptors (Lipinski definition) is 4. The summed E-state index contributed by atoms with van der Waals surface area (Å²) in [7, 11) is 1.64. The lowest BCUT2D eigenvalue weighted by atomic mass is 10.1. The van der Waals surface area contributed by atoms with Crippen LogP contribution in [0.25, 0.3) is 11.3 Å². The Kier molecular flexibility index (Phi) is 3.86. The average molecular weight is 262 g/mol. The second-order valence-electron chi connectivity index (χ2n) is 3.52. The number of rotatable bonds is 2. The summed E-state index contributed by atoms with van der Waals surface area (Å²) in [5.41, 5.74) is 4.80. The molecule has 0 radical (unpaired) electrons. The van der Waals surface area contributed by atoms with Crippen molar-refractivity contribution in [2.75, 3.05) is 7.05 Å². The summed E-state index contributed by atoms with van der Waals surface area (Å²) in [4.78, 5) is 12.3. The van der Waals surface area contributed by atoms with Gasteiger partial charge in [0.2, 0.25) is 0 Å². The van der Waals surface area contributed by atoms with Crippen LogP contribution in [0, 0.1) is 0 Å².